The molecule has 2 rings (SSSR count). The van der Waals surface area contributed by atoms with Crippen LogP contribution in [0.25, 0.3) is 0 Å². The normalized spacial score (nSPS) is 17.0. The Morgan fingerprint density at radius 1 is 1.19 bits per heavy atom. The molecule has 112 valence electrons. The Labute approximate surface area is 169 Å². The van der Waals surface area contributed by atoms with E-state index in [0.29, 0.717) is 17.8 Å². The molecule has 0 radical (unpaired) electrons. The molecule has 0 fully saturated rings. The standard InChI is InChI=1S/C14H22N2O3S.K/c1-2-3-4-5-6-11-14-15-12-9-7-8-10-13(12)16(14)20(17,18)19;/h7-10,14-15H,2-6,11H2,1H3,(H,17,18,19);/q;+1/p-1. The first-order chi connectivity index (χ1) is 9.54. The van der Waals surface area contributed by atoms with Gasteiger partial charge in [-0.3, -0.25) is 4.31 Å². The molecule has 1 N–H and O–H groups in total. The zero-order valence-corrected chi connectivity index (χ0v) is 16.6. The molecule has 0 spiro atoms. The minimum absolute atomic E-state index is 0. The van der Waals surface area contributed by atoms with Gasteiger partial charge in [-0.15, -0.1) is 0 Å². The summed E-state index contributed by atoms with van der Waals surface area (Å²) in [6.07, 6.45) is 5.71. The average molecular weight is 336 g/mol. The number of para-hydroxylation sites is 2. The molecule has 1 unspecified atom stereocenters. The van der Waals surface area contributed by atoms with Gasteiger partial charge >= 0.3 is 51.4 Å². The second kappa shape index (κ2) is 8.86. The zero-order valence-electron chi connectivity index (χ0n) is 12.7. The van der Waals surface area contributed by atoms with Crippen LogP contribution in [0, 0.1) is 0 Å². The summed E-state index contributed by atoms with van der Waals surface area (Å²) >= 11 is 0. The number of anilines is 2. The summed E-state index contributed by atoms with van der Waals surface area (Å²) in [5, 5.41) is 3.13. The number of hydrogen-bond acceptors (Lipinski definition) is 4. The molecule has 1 aliphatic heterocycles. The Morgan fingerprint density at radius 3 is 2.52 bits per heavy atom. The van der Waals surface area contributed by atoms with Crippen LogP contribution in [0.4, 0.5) is 11.4 Å². The Kier molecular flexibility index (Phi) is 8.19. The molecule has 0 amide bonds. The molecule has 0 saturated heterocycles. The summed E-state index contributed by atoms with van der Waals surface area (Å²) in [5.74, 6) is 0. The zero-order chi connectivity index (χ0) is 14.6. The van der Waals surface area contributed by atoms with E-state index in [0.717, 1.165) is 23.6 Å². The third-order valence-corrected chi connectivity index (χ3v) is 4.50. The monoisotopic (exact) mass is 336 g/mol. The molecule has 0 aliphatic carbocycles. The Balaban J connectivity index is 0.00000220. The molecule has 5 nitrogen and oxygen atoms in total. The van der Waals surface area contributed by atoms with E-state index in [1.807, 2.05) is 6.07 Å². The molecule has 1 heterocycles. The summed E-state index contributed by atoms with van der Waals surface area (Å²) in [6.45, 7) is 2.15. The molecule has 0 bridgehead atoms. The maximum Gasteiger partial charge on any atom is 1.00 e. The summed E-state index contributed by atoms with van der Waals surface area (Å²) < 4.78 is 35.4. The van der Waals surface area contributed by atoms with Crippen molar-refractivity contribution in [1.29, 1.82) is 0 Å². The molecule has 1 atom stereocenters. The minimum Gasteiger partial charge on any atom is -0.731 e. The first-order valence-corrected chi connectivity index (χ1v) is 8.51. The van der Waals surface area contributed by atoms with Crippen LogP contribution >= 0.6 is 0 Å². The van der Waals surface area contributed by atoms with Gasteiger partial charge in [-0.05, 0) is 25.0 Å². The van der Waals surface area contributed by atoms with E-state index in [9.17, 15) is 13.0 Å². The third-order valence-electron chi connectivity index (χ3n) is 3.57. The first kappa shape index (κ1) is 19.4. The fourth-order valence-electron chi connectivity index (χ4n) is 2.60. The second-order valence-electron chi connectivity index (χ2n) is 5.13. The van der Waals surface area contributed by atoms with Crippen molar-refractivity contribution >= 4 is 21.7 Å². The van der Waals surface area contributed by atoms with Crippen molar-refractivity contribution in [2.24, 2.45) is 0 Å². The van der Waals surface area contributed by atoms with E-state index >= 15 is 0 Å². The van der Waals surface area contributed by atoms with Crippen molar-refractivity contribution < 1.29 is 64.4 Å². The fraction of sp³-hybridized carbons (Fsp3) is 0.571. The SMILES string of the molecule is CCCCCCCC1Nc2ccccc2N1S(=O)(=O)[O-].[K+]. The first-order valence-electron chi connectivity index (χ1n) is 7.15. The van der Waals surface area contributed by atoms with Gasteiger partial charge in [0, 0.05) is 0 Å². The minimum atomic E-state index is -4.49. The largest absolute Gasteiger partial charge is 1.00 e. The van der Waals surface area contributed by atoms with Gasteiger partial charge in [-0.2, -0.15) is 0 Å². The topological polar surface area (TPSA) is 72.5 Å². The van der Waals surface area contributed by atoms with Crippen LogP contribution < -0.4 is 61.0 Å². The number of fused-ring (bicyclic) bond motifs is 1. The molecular formula is C14H21KN2O3S. The van der Waals surface area contributed by atoms with Crippen LogP contribution in [0.1, 0.15) is 45.4 Å². The van der Waals surface area contributed by atoms with E-state index in [1.165, 1.54) is 12.8 Å². The van der Waals surface area contributed by atoms with Crippen LogP contribution in [-0.4, -0.2) is 19.1 Å². The maximum absolute atomic E-state index is 11.5. The van der Waals surface area contributed by atoms with Crippen molar-refractivity contribution in [3.05, 3.63) is 24.3 Å². The Hall–Kier alpha value is 0.366. The predicted octanol–water partition coefficient (Wildman–Crippen LogP) is 0.0693. The van der Waals surface area contributed by atoms with Crippen LogP contribution in [0.5, 0.6) is 0 Å². The molecule has 21 heavy (non-hydrogen) atoms. The van der Waals surface area contributed by atoms with Crippen molar-refractivity contribution in [2.45, 2.75) is 51.6 Å². The van der Waals surface area contributed by atoms with Gasteiger partial charge in [-0.25, -0.2) is 8.42 Å². The smallest absolute Gasteiger partial charge is 0.731 e. The number of hydrogen-bond donors (Lipinski definition) is 1. The molecule has 0 saturated carbocycles. The quantitative estimate of drug-likeness (QED) is 0.434. The van der Waals surface area contributed by atoms with Gasteiger partial charge in [0.15, 0.2) is 10.3 Å². The molecule has 0 aromatic heterocycles. The van der Waals surface area contributed by atoms with Gasteiger partial charge in [0.1, 0.15) is 6.17 Å². The van der Waals surface area contributed by atoms with Gasteiger partial charge in [0.2, 0.25) is 0 Å². The van der Waals surface area contributed by atoms with Gasteiger partial charge in [0.05, 0.1) is 11.4 Å². The summed E-state index contributed by atoms with van der Waals surface area (Å²) in [6, 6.07) is 7.02. The molecule has 1 aliphatic rings. The summed E-state index contributed by atoms with van der Waals surface area (Å²) in [7, 11) is -4.49. The number of benzene rings is 1. The van der Waals surface area contributed by atoms with Crippen LogP contribution in [0.3, 0.4) is 0 Å². The molecule has 1 aromatic rings. The van der Waals surface area contributed by atoms with E-state index in [2.05, 4.69) is 12.2 Å². The third kappa shape index (κ3) is 5.19. The van der Waals surface area contributed by atoms with Gasteiger partial charge in [-0.1, -0.05) is 44.7 Å². The Morgan fingerprint density at radius 2 is 1.86 bits per heavy atom. The predicted molar refractivity (Wildman–Crippen MR) is 79.4 cm³/mol. The van der Waals surface area contributed by atoms with Crippen LogP contribution in [-0.2, 0) is 10.3 Å². The molecule has 7 heteroatoms. The van der Waals surface area contributed by atoms with Crippen LogP contribution in [0.2, 0.25) is 0 Å². The summed E-state index contributed by atoms with van der Waals surface area (Å²) in [5.41, 5.74) is 1.17. The molecule has 1 aromatic carbocycles. The number of rotatable bonds is 7. The van der Waals surface area contributed by atoms with Gasteiger partial charge < -0.3 is 9.87 Å². The van der Waals surface area contributed by atoms with Crippen molar-refractivity contribution in [2.75, 3.05) is 9.62 Å². The van der Waals surface area contributed by atoms with E-state index in [4.69, 9.17) is 0 Å². The average Bonchev–Trinajstić information content (AvgIpc) is 2.76. The van der Waals surface area contributed by atoms with Crippen LogP contribution in [0.15, 0.2) is 24.3 Å². The van der Waals surface area contributed by atoms with E-state index in [1.54, 1.807) is 18.2 Å². The number of unbranched alkanes of at least 4 members (excludes halogenated alkanes) is 4. The second-order valence-corrected chi connectivity index (χ2v) is 6.38. The summed E-state index contributed by atoms with van der Waals surface area (Å²) in [4.78, 5) is 0. The molecular weight excluding hydrogens is 315 g/mol. The van der Waals surface area contributed by atoms with Crippen molar-refractivity contribution in [1.82, 2.24) is 0 Å². The Bertz CT molecular complexity index is 551. The maximum atomic E-state index is 11.5. The number of nitrogens with one attached hydrogen (secondary N) is 1. The fourth-order valence-corrected chi connectivity index (χ4v) is 3.47. The number of nitrogens with zero attached hydrogens (tertiary/aromatic N) is 1. The van der Waals surface area contributed by atoms with E-state index < -0.39 is 16.5 Å². The van der Waals surface area contributed by atoms with Gasteiger partial charge in [0.25, 0.3) is 0 Å². The van der Waals surface area contributed by atoms with Crippen molar-refractivity contribution in [3.63, 3.8) is 0 Å². The van der Waals surface area contributed by atoms with Crippen molar-refractivity contribution in [3.8, 4) is 0 Å². The van der Waals surface area contributed by atoms with E-state index in [-0.39, 0.29) is 51.4 Å².